The maximum Gasteiger partial charge on any atom is 0.327 e. The molecule has 5 nitrogen and oxygen atoms in total. The van der Waals surface area contributed by atoms with Crippen LogP contribution >= 0.6 is 0 Å². The van der Waals surface area contributed by atoms with Crippen LogP contribution in [0.25, 0.3) is 0 Å². The van der Waals surface area contributed by atoms with E-state index in [1.165, 1.54) is 6.08 Å². The minimum atomic E-state index is -3.41. The van der Waals surface area contributed by atoms with Gasteiger partial charge in [-0.1, -0.05) is 6.08 Å². The normalized spacial score (nSPS) is 12.1. The zero-order valence-corrected chi connectivity index (χ0v) is 7.37. The minimum absolute atomic E-state index is 0.0252. The van der Waals surface area contributed by atoms with Gasteiger partial charge in [-0.2, -0.15) is 8.42 Å². The van der Waals surface area contributed by atoms with Gasteiger partial charge < -0.3 is 5.11 Å². The van der Waals surface area contributed by atoms with Crippen molar-refractivity contribution in [3.05, 3.63) is 12.2 Å². The molecule has 0 heterocycles. The molecule has 0 unspecified atom stereocenters. The van der Waals surface area contributed by atoms with Crippen LogP contribution in [0, 0.1) is 0 Å². The first kappa shape index (κ1) is 11.1. The quantitative estimate of drug-likeness (QED) is 0.378. The van der Waals surface area contributed by atoms with Crippen molar-refractivity contribution in [3.63, 3.8) is 0 Å². The average Bonchev–Trinajstić information content (AvgIpc) is 1.83. The van der Waals surface area contributed by atoms with Crippen LogP contribution < -0.4 is 0 Å². The van der Waals surface area contributed by atoms with E-state index < -0.39 is 16.1 Å². The average molecular weight is 194 g/mol. The Morgan fingerprint density at radius 1 is 1.58 bits per heavy atom. The van der Waals surface area contributed by atoms with Crippen LogP contribution in [-0.4, -0.2) is 32.4 Å². The van der Waals surface area contributed by atoms with Gasteiger partial charge >= 0.3 is 5.97 Å². The Kier molecular flexibility index (Phi) is 4.53. The number of carbonyl (C=O) groups is 1. The van der Waals surface area contributed by atoms with Gasteiger partial charge in [0.25, 0.3) is 10.1 Å². The van der Waals surface area contributed by atoms with E-state index >= 15 is 0 Å². The Labute approximate surface area is 70.8 Å². The van der Waals surface area contributed by atoms with Crippen LogP contribution in [0.3, 0.4) is 0 Å². The molecule has 0 aromatic rings. The highest BCUT2D eigenvalue weighted by atomic mass is 32.2. The van der Waals surface area contributed by atoms with E-state index in [4.69, 9.17) is 5.11 Å². The van der Waals surface area contributed by atoms with E-state index in [-0.39, 0.29) is 13.0 Å². The van der Waals surface area contributed by atoms with Crippen molar-refractivity contribution in [1.82, 2.24) is 0 Å². The predicted octanol–water partition coefficient (Wildman–Crippen LogP) is -0.00650. The van der Waals surface area contributed by atoms with E-state index in [1.807, 2.05) is 0 Å². The first-order valence-corrected chi connectivity index (χ1v) is 4.97. The second kappa shape index (κ2) is 4.89. The fraction of sp³-hybridized carbons (Fsp3) is 0.500. The molecular weight excluding hydrogens is 184 g/mol. The SMILES string of the molecule is CS(=O)(=O)OCC/C=C/C(=O)O. The topological polar surface area (TPSA) is 80.7 Å². The molecule has 0 aromatic carbocycles. The monoisotopic (exact) mass is 194 g/mol. The first-order valence-electron chi connectivity index (χ1n) is 3.15. The Balaban J connectivity index is 3.53. The Bertz CT molecular complexity index is 264. The van der Waals surface area contributed by atoms with Gasteiger partial charge in [0, 0.05) is 6.08 Å². The van der Waals surface area contributed by atoms with Gasteiger partial charge in [-0.25, -0.2) is 4.79 Å². The molecule has 0 bridgehead atoms. The third-order valence-electron chi connectivity index (χ3n) is 0.842. The van der Waals surface area contributed by atoms with E-state index in [0.29, 0.717) is 0 Å². The van der Waals surface area contributed by atoms with Crippen molar-refractivity contribution < 1.29 is 22.5 Å². The maximum absolute atomic E-state index is 10.4. The van der Waals surface area contributed by atoms with E-state index in [9.17, 15) is 13.2 Å². The number of rotatable bonds is 5. The summed E-state index contributed by atoms with van der Waals surface area (Å²) in [7, 11) is -3.41. The summed E-state index contributed by atoms with van der Waals surface area (Å²) in [4.78, 5) is 9.91. The molecule has 12 heavy (non-hydrogen) atoms. The van der Waals surface area contributed by atoms with Gasteiger partial charge in [0.05, 0.1) is 12.9 Å². The fourth-order valence-electron chi connectivity index (χ4n) is 0.452. The van der Waals surface area contributed by atoms with Crippen molar-refractivity contribution in [1.29, 1.82) is 0 Å². The second-order valence-corrected chi connectivity index (χ2v) is 3.70. The second-order valence-electron chi connectivity index (χ2n) is 2.06. The molecule has 0 aliphatic rings. The third kappa shape index (κ3) is 9.12. The van der Waals surface area contributed by atoms with E-state index in [0.717, 1.165) is 12.3 Å². The highest BCUT2D eigenvalue weighted by Gasteiger charge is 1.98. The lowest BCUT2D eigenvalue weighted by molar-refractivity contribution is -0.131. The van der Waals surface area contributed by atoms with Gasteiger partial charge in [0.1, 0.15) is 0 Å². The van der Waals surface area contributed by atoms with Crippen LogP contribution in [0.2, 0.25) is 0 Å². The minimum Gasteiger partial charge on any atom is -0.478 e. The highest BCUT2D eigenvalue weighted by molar-refractivity contribution is 7.85. The van der Waals surface area contributed by atoms with Crippen LogP contribution in [0.4, 0.5) is 0 Å². The zero-order valence-electron chi connectivity index (χ0n) is 6.56. The molecule has 0 aliphatic heterocycles. The molecule has 0 rings (SSSR count). The van der Waals surface area contributed by atoms with Gasteiger partial charge in [0.2, 0.25) is 0 Å². The Morgan fingerprint density at radius 2 is 2.17 bits per heavy atom. The molecule has 0 amide bonds. The summed E-state index contributed by atoms with van der Waals surface area (Å²) in [5, 5.41) is 8.13. The molecule has 70 valence electrons. The molecule has 1 N–H and O–H groups in total. The summed E-state index contributed by atoms with van der Waals surface area (Å²) in [6.45, 7) is -0.0252. The molecule has 0 spiro atoms. The molecule has 0 saturated heterocycles. The molecule has 0 radical (unpaired) electrons. The van der Waals surface area contributed by atoms with Crippen molar-refractivity contribution in [2.24, 2.45) is 0 Å². The van der Waals surface area contributed by atoms with E-state index in [1.54, 1.807) is 0 Å². The number of aliphatic carboxylic acids is 1. The van der Waals surface area contributed by atoms with Gasteiger partial charge in [-0.15, -0.1) is 0 Å². The van der Waals surface area contributed by atoms with Crippen LogP contribution in [0.15, 0.2) is 12.2 Å². The number of hydrogen-bond acceptors (Lipinski definition) is 4. The van der Waals surface area contributed by atoms with Gasteiger partial charge in [-0.05, 0) is 6.42 Å². The molecule has 0 saturated carbocycles. The molecule has 0 atom stereocenters. The summed E-state index contributed by atoms with van der Waals surface area (Å²) in [6.07, 6.45) is 3.46. The summed E-state index contributed by atoms with van der Waals surface area (Å²) in [5.74, 6) is -1.06. The summed E-state index contributed by atoms with van der Waals surface area (Å²) < 4.78 is 25.1. The standard InChI is InChI=1S/C6H10O5S/c1-12(9,10)11-5-3-2-4-6(7)8/h2,4H,3,5H2,1H3,(H,7,8)/b4-2+. The molecule has 6 heteroatoms. The molecule has 0 aromatic heterocycles. The van der Waals surface area contributed by atoms with Gasteiger partial charge in [-0.3, -0.25) is 4.18 Å². The summed E-state index contributed by atoms with van der Waals surface area (Å²) >= 11 is 0. The maximum atomic E-state index is 10.4. The zero-order chi connectivity index (χ0) is 9.61. The molecular formula is C6H10O5S. The van der Waals surface area contributed by atoms with Gasteiger partial charge in [0.15, 0.2) is 0 Å². The van der Waals surface area contributed by atoms with Crippen molar-refractivity contribution in [2.75, 3.05) is 12.9 Å². The largest absolute Gasteiger partial charge is 0.478 e. The van der Waals surface area contributed by atoms with E-state index in [2.05, 4.69) is 4.18 Å². The van der Waals surface area contributed by atoms with Crippen molar-refractivity contribution in [3.8, 4) is 0 Å². The first-order chi connectivity index (χ1) is 5.42. The number of hydrogen-bond donors (Lipinski definition) is 1. The third-order valence-corrected chi connectivity index (χ3v) is 1.44. The van der Waals surface area contributed by atoms with Crippen molar-refractivity contribution in [2.45, 2.75) is 6.42 Å². The fourth-order valence-corrected chi connectivity index (χ4v) is 0.851. The lowest BCUT2D eigenvalue weighted by Crippen LogP contribution is -2.03. The molecule has 0 fully saturated rings. The van der Waals surface area contributed by atoms with Crippen LogP contribution in [0.5, 0.6) is 0 Å². The summed E-state index contributed by atoms with van der Waals surface area (Å²) in [6, 6.07) is 0. The number of carboxylic acid groups (broad SMARTS) is 1. The predicted molar refractivity (Wildman–Crippen MR) is 42.2 cm³/mol. The smallest absolute Gasteiger partial charge is 0.327 e. The Hall–Kier alpha value is -0.880. The van der Waals surface area contributed by atoms with Crippen LogP contribution in [-0.2, 0) is 19.1 Å². The summed E-state index contributed by atoms with van der Waals surface area (Å²) in [5.41, 5.74) is 0. The lowest BCUT2D eigenvalue weighted by Gasteiger charge is -1.95. The van der Waals surface area contributed by atoms with Crippen LogP contribution in [0.1, 0.15) is 6.42 Å². The highest BCUT2D eigenvalue weighted by Crippen LogP contribution is 1.90. The van der Waals surface area contributed by atoms with Crippen molar-refractivity contribution >= 4 is 16.1 Å². The number of carboxylic acids is 1. The lowest BCUT2D eigenvalue weighted by atomic mass is 10.4. The molecule has 0 aliphatic carbocycles. The Morgan fingerprint density at radius 3 is 2.58 bits per heavy atom.